The third kappa shape index (κ3) is 4.10. The van der Waals surface area contributed by atoms with Gasteiger partial charge in [0.2, 0.25) is 11.8 Å². The van der Waals surface area contributed by atoms with E-state index in [4.69, 9.17) is 0 Å². The molecular weight excluding hydrogens is 298 g/mol. The molecule has 1 aromatic carbocycles. The van der Waals surface area contributed by atoms with Crippen LogP contribution in [0.5, 0.6) is 0 Å². The molecule has 22 heavy (non-hydrogen) atoms. The first-order chi connectivity index (χ1) is 10.7. The topological polar surface area (TPSA) is 61.8 Å². The van der Waals surface area contributed by atoms with E-state index in [1.165, 1.54) is 11.8 Å². The molecule has 1 N–H and O–H groups in total. The quantitative estimate of drug-likeness (QED) is 0.873. The number of amides is 2. The molecule has 0 aromatic heterocycles. The molecule has 0 saturated carbocycles. The third-order valence-electron chi connectivity index (χ3n) is 3.33. The Hall–Kier alpha value is -1.82. The maximum Gasteiger partial charge on any atom is 0.242 e. The van der Waals surface area contributed by atoms with Crippen molar-refractivity contribution >= 4 is 28.7 Å². The second-order valence-corrected chi connectivity index (χ2v) is 6.08. The molecule has 5 nitrogen and oxygen atoms in total. The van der Waals surface area contributed by atoms with Gasteiger partial charge in [-0.2, -0.15) is 0 Å². The maximum absolute atomic E-state index is 12.3. The largest absolute Gasteiger partial charge is 0.352 e. The van der Waals surface area contributed by atoms with Crippen molar-refractivity contribution in [1.82, 2.24) is 10.2 Å². The van der Waals surface area contributed by atoms with Gasteiger partial charge in [-0.3, -0.25) is 19.5 Å². The predicted molar refractivity (Wildman–Crippen MR) is 89.6 cm³/mol. The molecule has 0 bridgehead atoms. The van der Waals surface area contributed by atoms with Gasteiger partial charge < -0.3 is 5.32 Å². The van der Waals surface area contributed by atoms with Gasteiger partial charge in [0.05, 0.1) is 0 Å². The minimum absolute atomic E-state index is 0.0189. The van der Waals surface area contributed by atoms with E-state index in [9.17, 15) is 9.59 Å². The van der Waals surface area contributed by atoms with Crippen molar-refractivity contribution in [3.05, 3.63) is 35.9 Å². The zero-order chi connectivity index (χ0) is 15.9. The highest BCUT2D eigenvalue weighted by Gasteiger charge is 2.37. The fourth-order valence-electron chi connectivity index (χ4n) is 2.22. The lowest BCUT2D eigenvalue weighted by molar-refractivity contribution is -0.129. The lowest BCUT2D eigenvalue weighted by atomic mass is 10.2. The molecule has 1 fully saturated rings. The fourth-order valence-corrected chi connectivity index (χ4v) is 3.49. The first-order valence-corrected chi connectivity index (χ1v) is 8.36. The van der Waals surface area contributed by atoms with Gasteiger partial charge in [0.25, 0.3) is 0 Å². The molecule has 2 rings (SSSR count). The molecule has 1 aliphatic rings. The molecule has 118 valence electrons. The number of amidine groups is 1. The Labute approximate surface area is 135 Å². The van der Waals surface area contributed by atoms with Crippen LogP contribution in [0.4, 0.5) is 0 Å². The van der Waals surface area contributed by atoms with Crippen LogP contribution in [0.3, 0.4) is 0 Å². The van der Waals surface area contributed by atoms with Crippen molar-refractivity contribution in [1.29, 1.82) is 0 Å². The highest BCUT2D eigenvalue weighted by atomic mass is 32.2. The molecule has 1 atom stereocenters. The van der Waals surface area contributed by atoms with Gasteiger partial charge in [-0.1, -0.05) is 42.1 Å². The Morgan fingerprint density at radius 3 is 2.68 bits per heavy atom. The van der Waals surface area contributed by atoms with Crippen molar-refractivity contribution in [3.8, 4) is 0 Å². The molecular formula is C16H21N3O2S. The lowest BCUT2D eigenvalue weighted by Crippen LogP contribution is -2.34. The van der Waals surface area contributed by atoms with Gasteiger partial charge in [-0.25, -0.2) is 0 Å². The van der Waals surface area contributed by atoms with Crippen LogP contribution in [0.2, 0.25) is 0 Å². The van der Waals surface area contributed by atoms with Crippen LogP contribution in [-0.4, -0.2) is 40.2 Å². The number of thioether (sulfide) groups is 1. The van der Waals surface area contributed by atoms with E-state index in [1.54, 1.807) is 4.90 Å². The number of benzene rings is 1. The van der Waals surface area contributed by atoms with Gasteiger partial charge in [0.1, 0.15) is 5.25 Å². The Morgan fingerprint density at radius 1 is 1.32 bits per heavy atom. The summed E-state index contributed by atoms with van der Waals surface area (Å²) in [7, 11) is 0. The van der Waals surface area contributed by atoms with E-state index in [0.717, 1.165) is 10.7 Å². The van der Waals surface area contributed by atoms with Crippen LogP contribution in [-0.2, 0) is 16.1 Å². The van der Waals surface area contributed by atoms with Crippen molar-refractivity contribution < 1.29 is 9.59 Å². The normalized spacial score (nSPS) is 19.7. The zero-order valence-electron chi connectivity index (χ0n) is 12.9. The number of aliphatic imine (C=N–C) groups is 1. The minimum atomic E-state index is -0.360. The summed E-state index contributed by atoms with van der Waals surface area (Å²) in [4.78, 5) is 30.3. The van der Waals surface area contributed by atoms with Crippen LogP contribution in [0.15, 0.2) is 35.3 Å². The van der Waals surface area contributed by atoms with E-state index in [1.807, 2.05) is 44.2 Å². The van der Waals surface area contributed by atoms with Gasteiger partial charge in [-0.05, 0) is 19.4 Å². The number of nitrogens with one attached hydrogen (secondary N) is 1. The monoisotopic (exact) mass is 319 g/mol. The van der Waals surface area contributed by atoms with Gasteiger partial charge >= 0.3 is 0 Å². The molecule has 1 heterocycles. The molecule has 1 aromatic rings. The zero-order valence-corrected chi connectivity index (χ0v) is 13.7. The lowest BCUT2D eigenvalue weighted by Gasteiger charge is -2.13. The van der Waals surface area contributed by atoms with E-state index in [-0.39, 0.29) is 23.5 Å². The minimum Gasteiger partial charge on any atom is -0.352 e. The third-order valence-corrected chi connectivity index (χ3v) is 4.55. The first kappa shape index (κ1) is 16.5. The molecule has 0 unspecified atom stereocenters. The van der Waals surface area contributed by atoms with E-state index in [0.29, 0.717) is 19.6 Å². The summed E-state index contributed by atoms with van der Waals surface area (Å²) in [5, 5.41) is 3.24. The molecule has 6 heteroatoms. The van der Waals surface area contributed by atoms with Crippen molar-refractivity contribution in [2.45, 2.75) is 32.1 Å². The smallest absolute Gasteiger partial charge is 0.242 e. The molecule has 0 aliphatic carbocycles. The molecule has 1 aliphatic heterocycles. The average molecular weight is 319 g/mol. The summed E-state index contributed by atoms with van der Waals surface area (Å²) in [5.74, 6) is -0.127. The Balaban J connectivity index is 1.89. The Kier molecular flexibility index (Phi) is 6.00. The summed E-state index contributed by atoms with van der Waals surface area (Å²) < 4.78 is 0. The molecule has 2 amide bonds. The van der Waals surface area contributed by atoms with Crippen molar-refractivity contribution in [3.63, 3.8) is 0 Å². The van der Waals surface area contributed by atoms with Crippen LogP contribution in [0, 0.1) is 0 Å². The van der Waals surface area contributed by atoms with Gasteiger partial charge in [-0.15, -0.1) is 0 Å². The predicted octanol–water partition coefficient (Wildman–Crippen LogP) is 2.03. The number of carbonyl (C=O) groups is 2. The van der Waals surface area contributed by atoms with E-state index in [2.05, 4.69) is 10.3 Å². The standard InChI is InChI=1S/C16H21N3O2S/c1-3-17-16-19(4-2)15(21)13(22-16)10-14(20)18-11-12-8-6-5-7-9-12/h5-9,13H,3-4,10-11H2,1-2H3,(H,18,20)/t13-/m1/s1. The maximum atomic E-state index is 12.3. The van der Waals surface area contributed by atoms with Crippen molar-refractivity contribution in [2.24, 2.45) is 4.99 Å². The highest BCUT2D eigenvalue weighted by molar-refractivity contribution is 8.15. The van der Waals surface area contributed by atoms with Crippen LogP contribution in [0.25, 0.3) is 0 Å². The Morgan fingerprint density at radius 2 is 2.05 bits per heavy atom. The molecule has 0 radical (unpaired) electrons. The van der Waals surface area contributed by atoms with Crippen LogP contribution in [0.1, 0.15) is 25.8 Å². The number of nitrogens with zero attached hydrogens (tertiary/aromatic N) is 2. The van der Waals surface area contributed by atoms with Crippen LogP contribution >= 0.6 is 11.8 Å². The summed E-state index contributed by atoms with van der Waals surface area (Å²) >= 11 is 1.39. The Bertz CT molecular complexity index is 560. The van der Waals surface area contributed by atoms with Crippen molar-refractivity contribution in [2.75, 3.05) is 13.1 Å². The first-order valence-electron chi connectivity index (χ1n) is 7.48. The van der Waals surface area contributed by atoms with E-state index >= 15 is 0 Å². The van der Waals surface area contributed by atoms with Gasteiger partial charge in [0.15, 0.2) is 5.17 Å². The summed E-state index contributed by atoms with van der Waals surface area (Å²) in [5.41, 5.74) is 1.05. The number of carbonyl (C=O) groups excluding carboxylic acids is 2. The fraction of sp³-hybridized carbons (Fsp3) is 0.438. The number of hydrogen-bond acceptors (Lipinski definition) is 4. The number of hydrogen-bond donors (Lipinski definition) is 1. The second-order valence-electron chi connectivity index (χ2n) is 4.91. The highest BCUT2D eigenvalue weighted by Crippen LogP contribution is 2.29. The van der Waals surface area contributed by atoms with E-state index < -0.39 is 0 Å². The average Bonchev–Trinajstić information content (AvgIpc) is 2.82. The number of rotatable bonds is 6. The van der Waals surface area contributed by atoms with Gasteiger partial charge in [0, 0.05) is 26.1 Å². The van der Waals surface area contributed by atoms with Crippen LogP contribution < -0.4 is 5.32 Å². The summed E-state index contributed by atoms with van der Waals surface area (Å²) in [6.07, 6.45) is 0.190. The second kappa shape index (κ2) is 7.98. The SMILES string of the molecule is CCN=C1S[C@H](CC(=O)NCc2ccccc2)C(=O)N1CC. The molecule has 1 saturated heterocycles. The molecule has 0 spiro atoms. The summed E-state index contributed by atoms with van der Waals surface area (Å²) in [6, 6.07) is 9.73. The summed E-state index contributed by atoms with van der Waals surface area (Å²) in [6.45, 7) is 5.57.